The Bertz CT molecular complexity index is 662. The Kier molecular flexibility index (Phi) is 4.68. The molecule has 1 fully saturated rings. The Morgan fingerprint density at radius 1 is 1.24 bits per heavy atom. The van der Waals surface area contributed by atoms with Crippen LogP contribution in [0, 0.1) is 0 Å². The normalized spacial score (nSPS) is 28.9. The number of hydrogen-bond acceptors (Lipinski definition) is 4. The summed E-state index contributed by atoms with van der Waals surface area (Å²) >= 11 is 0. The van der Waals surface area contributed by atoms with Gasteiger partial charge in [0.2, 0.25) is 0 Å². The highest BCUT2D eigenvalue weighted by molar-refractivity contribution is 6.74. The second-order valence-electron chi connectivity index (χ2n) is 8.52. The summed E-state index contributed by atoms with van der Waals surface area (Å²) in [6.45, 7) is 11.3. The predicted octanol–water partition coefficient (Wildman–Crippen LogP) is 4.22. The summed E-state index contributed by atoms with van der Waals surface area (Å²) < 4.78 is 18.1. The largest absolute Gasteiger partial charge is 0.457 e. The van der Waals surface area contributed by atoms with Crippen LogP contribution >= 0.6 is 0 Å². The number of benzene rings is 1. The van der Waals surface area contributed by atoms with Crippen LogP contribution < -0.4 is 0 Å². The van der Waals surface area contributed by atoms with Gasteiger partial charge < -0.3 is 13.9 Å². The molecule has 1 aliphatic carbocycles. The second-order valence-corrected chi connectivity index (χ2v) is 13.2. The number of esters is 1. The Morgan fingerprint density at radius 3 is 2.56 bits per heavy atom. The van der Waals surface area contributed by atoms with Crippen LogP contribution in [0.5, 0.6) is 0 Å². The SMILES string of the molecule is CC(C)(C)[Si](C)(C)O[C@@]12C=C[C@@H](OCc3ccccc3)[C@@H](C1)OC2=O. The first-order chi connectivity index (χ1) is 11.6. The highest BCUT2D eigenvalue weighted by Gasteiger charge is 2.57. The van der Waals surface area contributed by atoms with E-state index in [-0.39, 0.29) is 23.2 Å². The summed E-state index contributed by atoms with van der Waals surface area (Å²) in [5.41, 5.74) is 0.176. The quantitative estimate of drug-likeness (QED) is 0.448. The Morgan fingerprint density at radius 2 is 1.92 bits per heavy atom. The zero-order chi connectivity index (χ0) is 18.3. The maximum absolute atomic E-state index is 12.6. The van der Waals surface area contributed by atoms with Crippen molar-refractivity contribution in [1.29, 1.82) is 0 Å². The van der Waals surface area contributed by atoms with E-state index in [0.717, 1.165) is 5.56 Å². The molecule has 0 radical (unpaired) electrons. The molecule has 2 bridgehead atoms. The molecule has 0 aromatic heterocycles. The van der Waals surface area contributed by atoms with E-state index >= 15 is 0 Å². The van der Waals surface area contributed by atoms with Crippen LogP contribution in [-0.2, 0) is 25.3 Å². The summed E-state index contributed by atoms with van der Waals surface area (Å²) in [7, 11) is -2.09. The minimum atomic E-state index is -2.09. The first-order valence-electron chi connectivity index (χ1n) is 8.89. The van der Waals surface area contributed by atoms with Gasteiger partial charge in [0.15, 0.2) is 13.9 Å². The van der Waals surface area contributed by atoms with Crippen molar-refractivity contribution in [2.45, 2.75) is 69.7 Å². The fourth-order valence-corrected chi connectivity index (χ4v) is 4.46. The molecule has 25 heavy (non-hydrogen) atoms. The number of rotatable bonds is 5. The molecular formula is C20H28O4Si. The number of fused-ring (bicyclic) bond motifs is 2. The van der Waals surface area contributed by atoms with Crippen LogP contribution in [0.25, 0.3) is 0 Å². The molecule has 5 heteroatoms. The van der Waals surface area contributed by atoms with Crippen molar-refractivity contribution in [3.63, 3.8) is 0 Å². The van der Waals surface area contributed by atoms with E-state index < -0.39 is 13.9 Å². The van der Waals surface area contributed by atoms with Crippen LogP contribution in [0.1, 0.15) is 32.8 Å². The van der Waals surface area contributed by atoms with Crippen LogP contribution in [0.4, 0.5) is 0 Å². The Labute approximate surface area is 151 Å². The van der Waals surface area contributed by atoms with Gasteiger partial charge in [-0.25, -0.2) is 4.79 Å². The van der Waals surface area contributed by atoms with Crippen molar-refractivity contribution in [3.8, 4) is 0 Å². The molecule has 1 heterocycles. The minimum absolute atomic E-state index is 0.0363. The van der Waals surface area contributed by atoms with Crippen molar-refractivity contribution in [2.75, 3.05) is 0 Å². The molecule has 0 N–H and O–H groups in total. The van der Waals surface area contributed by atoms with E-state index in [1.807, 2.05) is 42.5 Å². The molecule has 3 rings (SSSR count). The lowest BCUT2D eigenvalue weighted by Crippen LogP contribution is -2.52. The lowest BCUT2D eigenvalue weighted by molar-refractivity contribution is -0.152. The van der Waals surface area contributed by atoms with Crippen LogP contribution in [-0.4, -0.2) is 32.1 Å². The van der Waals surface area contributed by atoms with E-state index in [4.69, 9.17) is 13.9 Å². The molecule has 1 aromatic rings. The smallest absolute Gasteiger partial charge is 0.341 e. The minimum Gasteiger partial charge on any atom is -0.457 e. The van der Waals surface area contributed by atoms with Gasteiger partial charge in [0.1, 0.15) is 12.2 Å². The molecule has 1 aromatic carbocycles. The molecule has 1 saturated heterocycles. The molecular weight excluding hydrogens is 332 g/mol. The van der Waals surface area contributed by atoms with Crippen molar-refractivity contribution in [2.24, 2.45) is 0 Å². The summed E-state index contributed by atoms with van der Waals surface area (Å²) in [4.78, 5) is 12.6. The molecule has 1 aliphatic heterocycles. The van der Waals surface area contributed by atoms with Crippen molar-refractivity contribution >= 4 is 14.3 Å². The van der Waals surface area contributed by atoms with E-state index in [9.17, 15) is 4.79 Å². The first kappa shape index (κ1) is 18.4. The van der Waals surface area contributed by atoms with Crippen LogP contribution in [0.3, 0.4) is 0 Å². The maximum atomic E-state index is 12.6. The average Bonchev–Trinajstić information content (AvgIpc) is 2.77. The zero-order valence-electron chi connectivity index (χ0n) is 15.7. The third-order valence-corrected chi connectivity index (χ3v) is 10.0. The van der Waals surface area contributed by atoms with Crippen molar-refractivity contribution in [3.05, 3.63) is 48.0 Å². The molecule has 0 spiro atoms. The van der Waals surface area contributed by atoms with E-state index in [0.29, 0.717) is 13.0 Å². The van der Waals surface area contributed by atoms with E-state index in [1.54, 1.807) is 0 Å². The van der Waals surface area contributed by atoms with Gasteiger partial charge in [0.25, 0.3) is 0 Å². The van der Waals surface area contributed by atoms with Crippen molar-refractivity contribution in [1.82, 2.24) is 0 Å². The molecule has 3 atom stereocenters. The van der Waals surface area contributed by atoms with Gasteiger partial charge in [0.05, 0.1) is 6.61 Å². The summed E-state index contributed by atoms with van der Waals surface area (Å²) in [5, 5.41) is 0.0363. The molecule has 0 saturated carbocycles. The van der Waals surface area contributed by atoms with Gasteiger partial charge in [-0.1, -0.05) is 57.2 Å². The number of carbonyl (C=O) groups excluding carboxylic acids is 1. The molecule has 136 valence electrons. The fraction of sp³-hybridized carbons (Fsp3) is 0.550. The predicted molar refractivity (Wildman–Crippen MR) is 99.7 cm³/mol. The zero-order valence-corrected chi connectivity index (χ0v) is 16.7. The average molecular weight is 361 g/mol. The fourth-order valence-electron chi connectivity index (χ4n) is 3.01. The standard InChI is InChI=1S/C20H28O4Si/c1-19(2,3)25(4,5)24-20-12-11-16(17(13-20)23-18(20)21)22-14-15-9-7-6-8-10-15/h6-12,16-17H,13-14H2,1-5H3/t16-,17-,20+/m1/s1. The number of ether oxygens (including phenoxy) is 2. The first-order valence-corrected chi connectivity index (χ1v) is 11.8. The Hall–Kier alpha value is -1.43. The van der Waals surface area contributed by atoms with E-state index in [2.05, 4.69) is 33.9 Å². The lowest BCUT2D eigenvalue weighted by atomic mass is 9.91. The van der Waals surface area contributed by atoms with Gasteiger partial charge in [-0.3, -0.25) is 0 Å². The summed E-state index contributed by atoms with van der Waals surface area (Å²) in [6, 6.07) is 10.0. The third kappa shape index (κ3) is 3.59. The third-order valence-electron chi connectivity index (χ3n) is 5.56. The van der Waals surface area contributed by atoms with Gasteiger partial charge in [-0.15, -0.1) is 0 Å². The van der Waals surface area contributed by atoms with E-state index in [1.165, 1.54) is 0 Å². The lowest BCUT2D eigenvalue weighted by Gasteiger charge is -2.42. The maximum Gasteiger partial charge on any atom is 0.341 e. The van der Waals surface area contributed by atoms with Crippen LogP contribution in [0.15, 0.2) is 42.5 Å². The van der Waals surface area contributed by atoms with Gasteiger partial charge in [-0.05, 0) is 29.8 Å². The van der Waals surface area contributed by atoms with Gasteiger partial charge in [-0.2, -0.15) is 0 Å². The second kappa shape index (κ2) is 6.38. The molecule has 4 nitrogen and oxygen atoms in total. The van der Waals surface area contributed by atoms with Crippen LogP contribution in [0.2, 0.25) is 18.1 Å². The summed E-state index contributed by atoms with van der Waals surface area (Å²) in [5.74, 6) is -0.274. The molecule has 0 amide bonds. The summed E-state index contributed by atoms with van der Waals surface area (Å²) in [6.07, 6.45) is 3.85. The molecule has 2 aliphatic rings. The highest BCUT2D eigenvalue weighted by Crippen LogP contribution is 2.45. The monoisotopic (exact) mass is 360 g/mol. The Balaban J connectivity index is 1.72. The highest BCUT2D eigenvalue weighted by atomic mass is 28.4. The van der Waals surface area contributed by atoms with Gasteiger partial charge >= 0.3 is 5.97 Å². The number of carbonyl (C=O) groups is 1. The van der Waals surface area contributed by atoms with Crippen molar-refractivity contribution < 1.29 is 18.7 Å². The van der Waals surface area contributed by atoms with Gasteiger partial charge in [0, 0.05) is 6.42 Å². The molecule has 0 unspecified atom stereocenters. The number of hydrogen-bond donors (Lipinski definition) is 0. The topological polar surface area (TPSA) is 44.8 Å².